The molecule has 0 saturated carbocycles. The number of benzene rings is 2. The van der Waals surface area contributed by atoms with Crippen LogP contribution in [0.15, 0.2) is 48.5 Å². The van der Waals surface area contributed by atoms with Crippen LogP contribution >= 0.6 is 0 Å². The highest BCUT2D eigenvalue weighted by Gasteiger charge is 2.43. The lowest BCUT2D eigenvalue weighted by Crippen LogP contribution is -2.49. The standard InChI is InChI=1S/C20H19F2NO3/c21-16-7-4-8-17(22)15(16)13-18(24)23-11-9-20(10-12-23,19(25)26)14-5-2-1-3-6-14/h1-8H,9-13H2,(H,25,26). The zero-order chi connectivity index (χ0) is 18.7. The van der Waals surface area contributed by atoms with Crippen molar-refractivity contribution in [2.75, 3.05) is 13.1 Å². The molecule has 2 aromatic carbocycles. The van der Waals surface area contributed by atoms with Gasteiger partial charge in [-0.05, 0) is 30.5 Å². The Kier molecular flexibility index (Phi) is 5.02. The molecule has 2 aromatic rings. The third-order valence-electron chi connectivity index (χ3n) is 5.10. The van der Waals surface area contributed by atoms with Crippen LogP contribution in [0.3, 0.4) is 0 Å². The summed E-state index contributed by atoms with van der Waals surface area (Å²) in [6.07, 6.45) is 0.152. The van der Waals surface area contributed by atoms with Crippen molar-refractivity contribution in [2.24, 2.45) is 0 Å². The summed E-state index contributed by atoms with van der Waals surface area (Å²) < 4.78 is 27.5. The quantitative estimate of drug-likeness (QED) is 0.912. The van der Waals surface area contributed by atoms with Gasteiger partial charge in [-0.1, -0.05) is 36.4 Å². The van der Waals surface area contributed by atoms with Crippen LogP contribution in [-0.4, -0.2) is 35.0 Å². The lowest BCUT2D eigenvalue weighted by atomic mass is 9.73. The van der Waals surface area contributed by atoms with Crippen LogP contribution in [-0.2, 0) is 21.4 Å². The van der Waals surface area contributed by atoms with Crippen molar-refractivity contribution in [3.8, 4) is 0 Å². The van der Waals surface area contributed by atoms with Crippen LogP contribution in [0, 0.1) is 11.6 Å². The number of rotatable bonds is 4. The number of carbonyl (C=O) groups excluding carboxylic acids is 1. The van der Waals surface area contributed by atoms with Crippen molar-refractivity contribution in [1.29, 1.82) is 0 Å². The fraction of sp³-hybridized carbons (Fsp3) is 0.300. The van der Waals surface area contributed by atoms with Crippen LogP contribution in [0.1, 0.15) is 24.0 Å². The molecule has 0 aromatic heterocycles. The first-order chi connectivity index (χ1) is 12.4. The first-order valence-electron chi connectivity index (χ1n) is 8.43. The number of likely N-dealkylation sites (tertiary alicyclic amines) is 1. The van der Waals surface area contributed by atoms with Gasteiger partial charge < -0.3 is 10.0 Å². The minimum atomic E-state index is -1.04. The van der Waals surface area contributed by atoms with E-state index in [0.717, 1.165) is 12.1 Å². The molecule has 6 heteroatoms. The molecule has 1 heterocycles. The fourth-order valence-corrected chi connectivity index (χ4v) is 3.49. The molecule has 1 aliphatic heterocycles. The van der Waals surface area contributed by atoms with Gasteiger partial charge in [-0.2, -0.15) is 0 Å². The number of amides is 1. The molecule has 3 rings (SSSR count). The normalized spacial score (nSPS) is 16.3. The smallest absolute Gasteiger partial charge is 0.314 e. The van der Waals surface area contributed by atoms with Gasteiger partial charge in [-0.15, -0.1) is 0 Å². The van der Waals surface area contributed by atoms with Crippen molar-refractivity contribution in [1.82, 2.24) is 4.90 Å². The maximum absolute atomic E-state index is 13.7. The monoisotopic (exact) mass is 359 g/mol. The van der Waals surface area contributed by atoms with E-state index in [1.165, 1.54) is 11.0 Å². The van der Waals surface area contributed by atoms with Gasteiger partial charge in [0.25, 0.3) is 0 Å². The second kappa shape index (κ2) is 7.23. The maximum atomic E-state index is 13.7. The zero-order valence-electron chi connectivity index (χ0n) is 14.1. The van der Waals surface area contributed by atoms with Gasteiger partial charge in [0.1, 0.15) is 11.6 Å². The van der Waals surface area contributed by atoms with Crippen LogP contribution in [0.5, 0.6) is 0 Å². The summed E-state index contributed by atoms with van der Waals surface area (Å²) in [4.78, 5) is 25.8. The summed E-state index contributed by atoms with van der Waals surface area (Å²) in [5.41, 5.74) is -0.586. The highest BCUT2D eigenvalue weighted by molar-refractivity contribution is 5.83. The van der Waals surface area contributed by atoms with Gasteiger partial charge in [0.2, 0.25) is 5.91 Å². The molecule has 1 saturated heterocycles. The molecule has 136 valence electrons. The maximum Gasteiger partial charge on any atom is 0.314 e. The Morgan fingerprint density at radius 3 is 2.08 bits per heavy atom. The number of hydrogen-bond acceptors (Lipinski definition) is 2. The third kappa shape index (κ3) is 3.31. The Morgan fingerprint density at radius 1 is 0.962 bits per heavy atom. The molecule has 1 N–H and O–H groups in total. The number of halogens is 2. The highest BCUT2D eigenvalue weighted by atomic mass is 19.1. The van der Waals surface area contributed by atoms with E-state index in [4.69, 9.17) is 0 Å². The topological polar surface area (TPSA) is 57.6 Å². The minimum absolute atomic E-state index is 0.232. The van der Waals surface area contributed by atoms with E-state index >= 15 is 0 Å². The third-order valence-corrected chi connectivity index (χ3v) is 5.10. The van der Waals surface area contributed by atoms with Crippen LogP contribution < -0.4 is 0 Å². The van der Waals surface area contributed by atoms with Gasteiger partial charge in [0.05, 0.1) is 11.8 Å². The average Bonchev–Trinajstić information content (AvgIpc) is 2.65. The Bertz CT molecular complexity index is 795. The summed E-state index contributed by atoms with van der Waals surface area (Å²) in [7, 11) is 0. The molecule has 1 amide bonds. The largest absolute Gasteiger partial charge is 0.481 e. The summed E-state index contributed by atoms with van der Waals surface area (Å²) in [5, 5.41) is 9.77. The SMILES string of the molecule is O=C(Cc1c(F)cccc1F)N1CCC(C(=O)O)(c2ccccc2)CC1. The van der Waals surface area contributed by atoms with Crippen LogP contribution in [0.25, 0.3) is 0 Å². The molecule has 0 spiro atoms. The van der Waals surface area contributed by atoms with Crippen molar-refractivity contribution >= 4 is 11.9 Å². The van der Waals surface area contributed by atoms with Gasteiger partial charge in [0.15, 0.2) is 0 Å². The Labute approximate surface area is 150 Å². The second-order valence-corrected chi connectivity index (χ2v) is 6.51. The van der Waals surface area contributed by atoms with Gasteiger partial charge in [0, 0.05) is 18.7 Å². The molecule has 1 aliphatic rings. The molecule has 0 bridgehead atoms. The molecule has 0 aliphatic carbocycles. The number of piperidine rings is 1. The molecule has 1 fully saturated rings. The molecule has 26 heavy (non-hydrogen) atoms. The number of aliphatic carboxylic acids is 1. The molecule has 0 atom stereocenters. The van der Waals surface area contributed by atoms with E-state index in [-0.39, 0.29) is 37.9 Å². The predicted molar refractivity (Wildman–Crippen MR) is 91.6 cm³/mol. The first-order valence-corrected chi connectivity index (χ1v) is 8.43. The highest BCUT2D eigenvalue weighted by Crippen LogP contribution is 2.36. The lowest BCUT2D eigenvalue weighted by molar-refractivity contribution is -0.148. The fourth-order valence-electron chi connectivity index (χ4n) is 3.49. The number of carbonyl (C=O) groups is 2. The van der Waals surface area contributed by atoms with Gasteiger partial charge in [-0.3, -0.25) is 9.59 Å². The zero-order valence-corrected chi connectivity index (χ0v) is 14.1. The van der Waals surface area contributed by atoms with E-state index < -0.39 is 28.9 Å². The summed E-state index contributed by atoms with van der Waals surface area (Å²) in [5.74, 6) is -2.82. The summed E-state index contributed by atoms with van der Waals surface area (Å²) >= 11 is 0. The number of carboxylic acids is 1. The van der Waals surface area contributed by atoms with E-state index in [1.54, 1.807) is 24.3 Å². The van der Waals surface area contributed by atoms with Crippen LogP contribution in [0.4, 0.5) is 8.78 Å². The van der Waals surface area contributed by atoms with Crippen molar-refractivity contribution in [3.05, 3.63) is 71.3 Å². The molecular weight excluding hydrogens is 340 g/mol. The number of carboxylic acid groups (broad SMARTS) is 1. The summed E-state index contributed by atoms with van der Waals surface area (Å²) in [6, 6.07) is 12.4. The lowest BCUT2D eigenvalue weighted by Gasteiger charge is -2.39. The average molecular weight is 359 g/mol. The van der Waals surface area contributed by atoms with Gasteiger partial charge in [-0.25, -0.2) is 8.78 Å². The molecule has 0 unspecified atom stereocenters. The first kappa shape index (κ1) is 18.0. The summed E-state index contributed by atoms with van der Waals surface area (Å²) in [6.45, 7) is 0.464. The molecule has 4 nitrogen and oxygen atoms in total. The van der Waals surface area contributed by atoms with E-state index in [9.17, 15) is 23.5 Å². The van der Waals surface area contributed by atoms with Crippen molar-refractivity contribution in [3.63, 3.8) is 0 Å². The Morgan fingerprint density at radius 2 is 1.54 bits per heavy atom. The van der Waals surface area contributed by atoms with E-state index in [1.807, 2.05) is 6.07 Å². The Hall–Kier alpha value is -2.76. The molecular formula is C20H19F2NO3. The second-order valence-electron chi connectivity index (χ2n) is 6.51. The minimum Gasteiger partial charge on any atom is -0.481 e. The van der Waals surface area contributed by atoms with Crippen molar-refractivity contribution in [2.45, 2.75) is 24.7 Å². The number of hydrogen-bond donors (Lipinski definition) is 1. The van der Waals surface area contributed by atoms with Gasteiger partial charge >= 0.3 is 5.97 Å². The van der Waals surface area contributed by atoms with E-state index in [0.29, 0.717) is 5.56 Å². The molecule has 0 radical (unpaired) electrons. The number of nitrogens with zero attached hydrogens (tertiary/aromatic N) is 1. The van der Waals surface area contributed by atoms with Crippen molar-refractivity contribution < 1.29 is 23.5 Å². The van der Waals surface area contributed by atoms with E-state index in [2.05, 4.69) is 0 Å². The predicted octanol–water partition coefficient (Wildman–Crippen LogP) is 3.15. The van der Waals surface area contributed by atoms with Crippen LogP contribution in [0.2, 0.25) is 0 Å². The Balaban J connectivity index is 1.73.